The van der Waals surface area contributed by atoms with Gasteiger partial charge in [0.15, 0.2) is 5.82 Å². The van der Waals surface area contributed by atoms with E-state index < -0.39 is 42.5 Å². The zero-order chi connectivity index (χ0) is 41.9. The molecule has 0 aliphatic heterocycles. The second-order valence-electron chi connectivity index (χ2n) is 15.9. The van der Waals surface area contributed by atoms with E-state index in [0.29, 0.717) is 11.4 Å². The van der Waals surface area contributed by atoms with Crippen molar-refractivity contribution in [2.24, 2.45) is 17.8 Å². The third-order valence-electron chi connectivity index (χ3n) is 11.8. The maximum absolute atomic E-state index is 13.6. The number of unbranched alkanes of at least 4 members (excludes halogenated alkanes) is 2. The molecular weight excluding hydrogens is 758 g/mol. The van der Waals surface area contributed by atoms with Gasteiger partial charge in [0.1, 0.15) is 12.3 Å². The standard InChI is InChI=1S/C47H53F3N4O5/c1-3-4-5-6-31-7-11-33(12-8-31)34-15-17-35(18-16-34)39-27-51-45(52-28-39)36-13-9-32(10-14-36)29-54(30-44(56)57)46(58)37-19-22-40(23-20-37)53-43(55)25-38-21-24-41(59-2)26-42(38)47(48,49)50/h9-10,13-14,17,19-24,26-28,31,33-34H,3-8,11-12,15-16,18,25,29-30H2,1-2H3,(H,53,55)(H,56,57). The number of amides is 2. The predicted molar refractivity (Wildman–Crippen MR) is 222 cm³/mol. The van der Waals surface area contributed by atoms with Gasteiger partial charge in [-0.1, -0.05) is 81.9 Å². The summed E-state index contributed by atoms with van der Waals surface area (Å²) in [6.07, 6.45) is 15.3. The van der Waals surface area contributed by atoms with E-state index in [1.165, 1.54) is 112 Å². The van der Waals surface area contributed by atoms with Gasteiger partial charge in [-0.25, -0.2) is 9.97 Å². The third kappa shape index (κ3) is 11.8. The molecule has 6 rings (SSSR count). The highest BCUT2D eigenvalue weighted by Gasteiger charge is 2.34. The van der Waals surface area contributed by atoms with Crippen molar-refractivity contribution in [3.05, 3.63) is 113 Å². The van der Waals surface area contributed by atoms with Crippen LogP contribution in [-0.2, 0) is 28.7 Å². The highest BCUT2D eigenvalue weighted by Crippen LogP contribution is 2.42. The first-order valence-corrected chi connectivity index (χ1v) is 20.7. The van der Waals surface area contributed by atoms with E-state index in [4.69, 9.17) is 4.74 Å². The summed E-state index contributed by atoms with van der Waals surface area (Å²) in [5, 5.41) is 12.2. The number of rotatable bonds is 16. The van der Waals surface area contributed by atoms with E-state index >= 15 is 0 Å². The van der Waals surface area contributed by atoms with Crippen LogP contribution < -0.4 is 10.1 Å². The lowest BCUT2D eigenvalue weighted by atomic mass is 9.70. The number of carboxylic acid groups (broad SMARTS) is 1. The number of aromatic nitrogens is 2. The third-order valence-corrected chi connectivity index (χ3v) is 11.8. The Morgan fingerprint density at radius 2 is 1.59 bits per heavy atom. The Hall–Kier alpha value is -5.52. The monoisotopic (exact) mass is 810 g/mol. The van der Waals surface area contributed by atoms with Crippen LogP contribution in [0.2, 0.25) is 0 Å². The van der Waals surface area contributed by atoms with Gasteiger partial charge in [0.25, 0.3) is 5.91 Å². The number of hydrogen-bond acceptors (Lipinski definition) is 6. The number of allylic oxidation sites excluding steroid dienone is 2. The van der Waals surface area contributed by atoms with E-state index in [2.05, 4.69) is 28.3 Å². The number of carboxylic acids is 1. The molecule has 1 unspecified atom stereocenters. The van der Waals surface area contributed by atoms with Gasteiger partial charge in [-0.3, -0.25) is 14.4 Å². The molecule has 3 aromatic carbocycles. The van der Waals surface area contributed by atoms with Gasteiger partial charge in [0.2, 0.25) is 5.91 Å². The molecule has 4 aromatic rings. The van der Waals surface area contributed by atoms with Crippen LogP contribution in [0.3, 0.4) is 0 Å². The highest BCUT2D eigenvalue weighted by atomic mass is 19.4. The van der Waals surface area contributed by atoms with Crippen molar-refractivity contribution in [3.63, 3.8) is 0 Å². The summed E-state index contributed by atoms with van der Waals surface area (Å²) >= 11 is 0. The molecule has 9 nitrogen and oxygen atoms in total. The normalized spacial score (nSPS) is 18.1. The van der Waals surface area contributed by atoms with E-state index in [9.17, 15) is 32.7 Å². The molecule has 2 amide bonds. The summed E-state index contributed by atoms with van der Waals surface area (Å²) in [5.74, 6) is 0.724. The van der Waals surface area contributed by atoms with Crippen molar-refractivity contribution >= 4 is 29.0 Å². The van der Waals surface area contributed by atoms with Gasteiger partial charge in [0.05, 0.1) is 19.1 Å². The molecule has 1 heterocycles. The Balaban J connectivity index is 1.02. The number of nitrogens with zero attached hydrogens (tertiary/aromatic N) is 3. The molecule has 1 saturated carbocycles. The van der Waals surface area contributed by atoms with Crippen LogP contribution in [0.25, 0.3) is 17.0 Å². The summed E-state index contributed by atoms with van der Waals surface area (Å²) in [6, 6.07) is 16.4. The average molecular weight is 811 g/mol. The van der Waals surface area contributed by atoms with Crippen molar-refractivity contribution in [2.45, 2.75) is 96.7 Å². The number of aliphatic carboxylic acids is 1. The smallest absolute Gasteiger partial charge is 0.416 e. The molecule has 59 heavy (non-hydrogen) atoms. The van der Waals surface area contributed by atoms with Crippen molar-refractivity contribution in [2.75, 3.05) is 19.0 Å². The molecule has 1 fully saturated rings. The summed E-state index contributed by atoms with van der Waals surface area (Å²) in [4.78, 5) is 48.5. The zero-order valence-electron chi connectivity index (χ0n) is 33.8. The van der Waals surface area contributed by atoms with Crippen molar-refractivity contribution < 1.29 is 37.4 Å². The summed E-state index contributed by atoms with van der Waals surface area (Å²) in [5.41, 5.74) is 3.10. The second-order valence-corrected chi connectivity index (χ2v) is 15.9. The molecule has 1 atom stereocenters. The lowest BCUT2D eigenvalue weighted by molar-refractivity contribution is -0.139. The fraction of sp³-hybridized carbons (Fsp3) is 0.426. The zero-order valence-corrected chi connectivity index (χ0v) is 33.8. The number of ether oxygens (including phenoxy) is 1. The molecule has 0 bridgehead atoms. The molecule has 0 spiro atoms. The number of benzene rings is 3. The van der Waals surface area contributed by atoms with Crippen molar-refractivity contribution in [1.82, 2.24) is 14.9 Å². The van der Waals surface area contributed by atoms with Crippen LogP contribution in [0.1, 0.15) is 110 Å². The van der Waals surface area contributed by atoms with Crippen LogP contribution in [0.4, 0.5) is 18.9 Å². The number of hydrogen-bond donors (Lipinski definition) is 2. The maximum atomic E-state index is 13.6. The number of carbonyl (C=O) groups is 3. The van der Waals surface area contributed by atoms with Crippen molar-refractivity contribution in [3.8, 4) is 17.1 Å². The van der Waals surface area contributed by atoms with Crippen molar-refractivity contribution in [1.29, 1.82) is 0 Å². The molecule has 2 aliphatic rings. The Morgan fingerprint density at radius 3 is 2.20 bits per heavy atom. The average Bonchev–Trinajstić information content (AvgIpc) is 3.24. The van der Waals surface area contributed by atoms with Crippen LogP contribution in [0.5, 0.6) is 5.75 Å². The number of anilines is 1. The fourth-order valence-electron chi connectivity index (χ4n) is 8.52. The lowest BCUT2D eigenvalue weighted by Crippen LogP contribution is -2.35. The van der Waals surface area contributed by atoms with Gasteiger partial charge in [-0.2, -0.15) is 13.2 Å². The number of nitrogens with one attached hydrogen (secondary N) is 1. The summed E-state index contributed by atoms with van der Waals surface area (Å²) in [6.45, 7) is 1.74. The predicted octanol–water partition coefficient (Wildman–Crippen LogP) is 10.6. The maximum Gasteiger partial charge on any atom is 0.416 e. The Labute approximate surface area is 344 Å². The quantitative estimate of drug-likeness (QED) is 0.108. The van der Waals surface area contributed by atoms with Gasteiger partial charge in [-0.05, 0) is 103 Å². The molecule has 0 saturated heterocycles. The molecule has 12 heteroatoms. The Kier molecular flexibility index (Phi) is 14.6. The van der Waals surface area contributed by atoms with Gasteiger partial charge in [0, 0.05) is 41.3 Å². The number of carbonyl (C=O) groups excluding carboxylic acids is 2. The van der Waals surface area contributed by atoms with Gasteiger partial charge >= 0.3 is 12.1 Å². The Morgan fingerprint density at radius 1 is 0.881 bits per heavy atom. The van der Waals surface area contributed by atoms with E-state index in [-0.39, 0.29) is 29.1 Å². The first kappa shape index (κ1) is 43.1. The fourth-order valence-corrected chi connectivity index (χ4v) is 8.52. The number of methoxy groups -OCH3 is 1. The molecule has 2 aliphatic carbocycles. The molecule has 2 N–H and O–H groups in total. The SMILES string of the molecule is CCCCCC1CCC(C2CC=C(c3cnc(-c4ccc(CN(CC(=O)O)C(=O)c5ccc(NC(=O)Cc6ccc(OC)cc6C(F)(F)F)cc5)cc4)nc3)CC2)CC1. The minimum atomic E-state index is -4.68. The van der Waals surface area contributed by atoms with E-state index in [1.807, 2.05) is 36.7 Å². The van der Waals surface area contributed by atoms with Crippen LogP contribution in [0.15, 0.2) is 85.2 Å². The molecule has 1 aromatic heterocycles. The topological polar surface area (TPSA) is 122 Å². The van der Waals surface area contributed by atoms with E-state index in [0.717, 1.165) is 47.8 Å². The summed E-state index contributed by atoms with van der Waals surface area (Å²) in [7, 11) is 1.26. The van der Waals surface area contributed by atoms with Crippen LogP contribution in [0, 0.1) is 17.8 Å². The first-order valence-electron chi connectivity index (χ1n) is 20.7. The minimum Gasteiger partial charge on any atom is -0.497 e. The number of alkyl halides is 3. The highest BCUT2D eigenvalue weighted by molar-refractivity contribution is 5.97. The molecule has 0 radical (unpaired) electrons. The van der Waals surface area contributed by atoms with Crippen LogP contribution in [-0.4, -0.2) is 51.4 Å². The second kappa shape index (κ2) is 20.0. The molecule has 312 valence electrons. The minimum absolute atomic E-state index is 0.0165. The number of halogens is 3. The molecular formula is C47H53F3N4O5. The van der Waals surface area contributed by atoms with Gasteiger partial charge < -0.3 is 20.1 Å². The van der Waals surface area contributed by atoms with Gasteiger partial charge in [-0.15, -0.1) is 0 Å². The summed E-state index contributed by atoms with van der Waals surface area (Å²) < 4.78 is 45.7. The largest absolute Gasteiger partial charge is 0.497 e. The van der Waals surface area contributed by atoms with Crippen LogP contribution >= 0.6 is 0 Å². The lowest BCUT2D eigenvalue weighted by Gasteiger charge is -2.35. The van der Waals surface area contributed by atoms with E-state index in [1.54, 1.807) is 0 Å². The first-order chi connectivity index (χ1) is 28.4. The Bertz CT molecular complexity index is 2080.